The van der Waals surface area contributed by atoms with E-state index >= 15 is 0 Å². The number of alkyl halides is 3. The Morgan fingerprint density at radius 3 is 2.78 bits per heavy atom. The Morgan fingerprint density at radius 1 is 1.30 bits per heavy atom. The molecule has 0 amide bonds. The van der Waals surface area contributed by atoms with E-state index in [0.717, 1.165) is 15.8 Å². The van der Waals surface area contributed by atoms with Gasteiger partial charge in [-0.25, -0.2) is 0 Å². The van der Waals surface area contributed by atoms with Crippen LogP contribution in [0.1, 0.15) is 19.3 Å². The van der Waals surface area contributed by atoms with Gasteiger partial charge in [0, 0.05) is 28.7 Å². The predicted octanol–water partition coefficient (Wildman–Crippen LogP) is 6.52. The average molecular weight is 435 g/mol. The summed E-state index contributed by atoms with van der Waals surface area (Å²) in [6.07, 6.45) is -0.442. The molecular formula is C17H15Cl2F3N4S. The summed E-state index contributed by atoms with van der Waals surface area (Å²) in [6.45, 7) is 0.135. The summed E-state index contributed by atoms with van der Waals surface area (Å²) in [5, 5.41) is 6.06. The van der Waals surface area contributed by atoms with Crippen molar-refractivity contribution in [1.82, 2.24) is 14.8 Å². The molecule has 0 spiro atoms. The molecule has 4 rings (SSSR count). The molecular weight excluding hydrogens is 420 g/mol. The van der Waals surface area contributed by atoms with Crippen LogP contribution in [0, 0.1) is 5.41 Å². The van der Waals surface area contributed by atoms with E-state index in [1.54, 1.807) is 6.07 Å². The van der Waals surface area contributed by atoms with Gasteiger partial charge in [0.2, 0.25) is 0 Å². The molecule has 2 heterocycles. The second-order valence-electron chi connectivity index (χ2n) is 6.65. The van der Waals surface area contributed by atoms with Crippen LogP contribution in [0.2, 0.25) is 10.2 Å². The third-order valence-electron chi connectivity index (χ3n) is 4.91. The number of anilines is 1. The van der Waals surface area contributed by atoms with Crippen molar-refractivity contribution >= 4 is 51.7 Å². The minimum Gasteiger partial charge on any atom is -0.360 e. The molecule has 1 aromatic carbocycles. The largest absolute Gasteiger partial charge is 0.394 e. The third kappa shape index (κ3) is 3.62. The first-order chi connectivity index (χ1) is 12.8. The third-order valence-corrected chi connectivity index (χ3v) is 6.42. The second kappa shape index (κ2) is 6.83. The van der Waals surface area contributed by atoms with Crippen LogP contribution in [0.15, 0.2) is 35.5 Å². The first-order valence-electron chi connectivity index (χ1n) is 8.27. The highest BCUT2D eigenvalue weighted by Gasteiger charge is 2.62. The van der Waals surface area contributed by atoms with E-state index in [1.807, 2.05) is 18.3 Å². The summed E-state index contributed by atoms with van der Waals surface area (Å²) >= 11 is 13.6. The van der Waals surface area contributed by atoms with Crippen LogP contribution in [-0.4, -0.2) is 20.9 Å². The van der Waals surface area contributed by atoms with Crippen molar-refractivity contribution < 1.29 is 13.2 Å². The van der Waals surface area contributed by atoms with Gasteiger partial charge in [-0.3, -0.25) is 4.68 Å². The summed E-state index contributed by atoms with van der Waals surface area (Å²) in [5.74, 6) is 0. The number of rotatable bonds is 6. The molecule has 1 saturated carbocycles. The van der Waals surface area contributed by atoms with Gasteiger partial charge in [-0.05, 0) is 43.3 Å². The fraction of sp³-hybridized carbons (Fsp3) is 0.353. The van der Waals surface area contributed by atoms with Crippen LogP contribution in [0.4, 0.5) is 18.9 Å². The number of benzene rings is 1. The number of aryl methyl sites for hydroxylation is 1. The quantitative estimate of drug-likeness (QED) is 0.433. The standard InChI is InChI=1S/C17H15Cl2F3N4S/c18-10-1-2-11-12(7-10)23-9-14(11)27-25-13-8-24-26(15(13)19)6-5-16(3-4-16)17(20,21)22/h1-2,7-9,23,25H,3-6H2. The lowest BCUT2D eigenvalue weighted by Crippen LogP contribution is -2.26. The van der Waals surface area contributed by atoms with E-state index in [2.05, 4.69) is 14.8 Å². The topological polar surface area (TPSA) is 45.6 Å². The Bertz CT molecular complexity index is 978. The molecule has 27 heavy (non-hydrogen) atoms. The fourth-order valence-corrected chi connectivity index (χ4v) is 4.23. The minimum atomic E-state index is -4.16. The lowest BCUT2D eigenvalue weighted by molar-refractivity contribution is -0.189. The van der Waals surface area contributed by atoms with Gasteiger partial charge in [0.05, 0.1) is 16.5 Å². The Morgan fingerprint density at radius 2 is 2.07 bits per heavy atom. The highest BCUT2D eigenvalue weighted by atomic mass is 35.5. The Labute approximate surface area is 167 Å². The summed E-state index contributed by atoms with van der Waals surface area (Å²) < 4.78 is 43.7. The molecule has 2 aromatic heterocycles. The molecule has 1 fully saturated rings. The number of nitrogens with one attached hydrogen (secondary N) is 2. The van der Waals surface area contributed by atoms with Crippen molar-refractivity contribution in [1.29, 1.82) is 0 Å². The van der Waals surface area contributed by atoms with Crippen LogP contribution in [0.3, 0.4) is 0 Å². The van der Waals surface area contributed by atoms with Gasteiger partial charge >= 0.3 is 6.18 Å². The van der Waals surface area contributed by atoms with Crippen molar-refractivity contribution in [2.45, 2.75) is 36.9 Å². The van der Waals surface area contributed by atoms with E-state index in [4.69, 9.17) is 23.2 Å². The Balaban J connectivity index is 1.42. The number of aromatic nitrogens is 3. The highest BCUT2D eigenvalue weighted by molar-refractivity contribution is 8.00. The van der Waals surface area contributed by atoms with E-state index < -0.39 is 11.6 Å². The second-order valence-corrected chi connectivity index (χ2v) is 8.29. The number of fused-ring (bicyclic) bond motifs is 1. The molecule has 0 saturated heterocycles. The summed E-state index contributed by atoms with van der Waals surface area (Å²) in [4.78, 5) is 4.08. The van der Waals surface area contributed by atoms with Gasteiger partial charge < -0.3 is 9.71 Å². The van der Waals surface area contributed by atoms with Gasteiger partial charge in [0.25, 0.3) is 0 Å². The molecule has 2 N–H and O–H groups in total. The molecule has 3 aromatic rings. The molecule has 10 heteroatoms. The van der Waals surface area contributed by atoms with Gasteiger partial charge in [-0.2, -0.15) is 18.3 Å². The van der Waals surface area contributed by atoms with Crippen LogP contribution in [0.5, 0.6) is 0 Å². The number of nitrogens with zero attached hydrogens (tertiary/aromatic N) is 2. The monoisotopic (exact) mass is 434 g/mol. The van der Waals surface area contributed by atoms with Crippen LogP contribution >= 0.6 is 35.1 Å². The lowest BCUT2D eigenvalue weighted by Gasteiger charge is -2.18. The normalized spacial score (nSPS) is 16.0. The summed E-state index contributed by atoms with van der Waals surface area (Å²) in [5.41, 5.74) is -0.0899. The van der Waals surface area contributed by atoms with E-state index in [1.165, 1.54) is 22.8 Å². The van der Waals surface area contributed by atoms with E-state index in [0.29, 0.717) is 15.9 Å². The van der Waals surface area contributed by atoms with Crippen molar-refractivity contribution in [3.8, 4) is 0 Å². The molecule has 4 nitrogen and oxygen atoms in total. The van der Waals surface area contributed by atoms with Gasteiger partial charge in [0.15, 0.2) is 5.15 Å². The maximum absolute atomic E-state index is 13.0. The maximum atomic E-state index is 13.0. The van der Waals surface area contributed by atoms with Gasteiger partial charge in [-0.1, -0.05) is 29.3 Å². The zero-order valence-electron chi connectivity index (χ0n) is 13.9. The van der Waals surface area contributed by atoms with Crippen LogP contribution in [0.25, 0.3) is 10.9 Å². The SMILES string of the molecule is FC(F)(F)C1(CCn2ncc(NSc3c[nH]c4cc(Cl)ccc34)c2Cl)CC1. The zero-order valence-corrected chi connectivity index (χ0v) is 16.2. The van der Waals surface area contributed by atoms with Crippen molar-refractivity contribution in [3.63, 3.8) is 0 Å². The van der Waals surface area contributed by atoms with E-state index in [9.17, 15) is 13.2 Å². The Hall–Kier alpha value is -1.51. The smallest absolute Gasteiger partial charge is 0.360 e. The number of hydrogen-bond acceptors (Lipinski definition) is 3. The Kier molecular flexibility index (Phi) is 4.76. The minimum absolute atomic E-state index is 0.00626. The van der Waals surface area contributed by atoms with Crippen LogP contribution < -0.4 is 4.72 Å². The zero-order chi connectivity index (χ0) is 19.2. The fourth-order valence-electron chi connectivity index (χ4n) is 3.01. The van der Waals surface area contributed by atoms with Crippen molar-refractivity contribution in [2.24, 2.45) is 5.41 Å². The first kappa shape index (κ1) is 18.8. The van der Waals surface area contributed by atoms with Crippen LogP contribution in [-0.2, 0) is 6.54 Å². The summed E-state index contributed by atoms with van der Waals surface area (Å²) in [6, 6.07) is 5.55. The molecule has 0 radical (unpaired) electrons. The van der Waals surface area contributed by atoms with Crippen molar-refractivity contribution in [3.05, 3.63) is 40.8 Å². The number of hydrogen-bond donors (Lipinski definition) is 2. The number of aromatic amines is 1. The van der Waals surface area contributed by atoms with Gasteiger partial charge in [-0.15, -0.1) is 0 Å². The number of halogens is 5. The molecule has 0 unspecified atom stereocenters. The molecule has 0 aliphatic heterocycles. The van der Waals surface area contributed by atoms with Crippen molar-refractivity contribution in [2.75, 3.05) is 4.72 Å². The maximum Gasteiger partial charge on any atom is 0.394 e. The first-order valence-corrected chi connectivity index (χ1v) is 9.84. The molecule has 1 aliphatic carbocycles. The molecule has 1 aliphatic rings. The number of H-pyrrole nitrogens is 1. The highest BCUT2D eigenvalue weighted by Crippen LogP contribution is 2.60. The lowest BCUT2D eigenvalue weighted by atomic mass is 10.0. The molecule has 0 atom stereocenters. The summed E-state index contributed by atoms with van der Waals surface area (Å²) in [7, 11) is 0. The molecule has 144 valence electrons. The van der Waals surface area contributed by atoms with Gasteiger partial charge in [0.1, 0.15) is 5.69 Å². The average Bonchev–Trinajstić information content (AvgIpc) is 3.21. The predicted molar refractivity (Wildman–Crippen MR) is 102 cm³/mol. The van der Waals surface area contributed by atoms with E-state index in [-0.39, 0.29) is 25.8 Å². The molecule has 0 bridgehead atoms.